The number of hydrogen-bond acceptors (Lipinski definition) is 5. The zero-order valence-electron chi connectivity index (χ0n) is 22.6. The molecule has 0 fully saturated rings. The van der Waals surface area contributed by atoms with Gasteiger partial charge in [0.25, 0.3) is 5.56 Å². The monoisotopic (exact) mass is 538 g/mol. The highest BCUT2D eigenvalue weighted by Crippen LogP contribution is 2.33. The molecule has 0 spiro atoms. The average molecular weight is 539 g/mol. The van der Waals surface area contributed by atoms with E-state index >= 15 is 0 Å². The Morgan fingerprint density at radius 2 is 1.71 bits per heavy atom. The van der Waals surface area contributed by atoms with Crippen molar-refractivity contribution in [3.05, 3.63) is 130 Å². The summed E-state index contributed by atoms with van der Waals surface area (Å²) in [7, 11) is 1.62. The van der Waals surface area contributed by atoms with Crippen LogP contribution in [0.3, 0.4) is 0 Å². The molecule has 0 saturated heterocycles. The molecule has 200 valence electrons. The van der Waals surface area contributed by atoms with Crippen LogP contribution in [0.5, 0.6) is 5.75 Å². The molecule has 3 heterocycles. The first-order chi connectivity index (χ1) is 20.1. The standard InChI is InChI=1S/C34H26N4O3/c1-22-9-7-10-23(17-22)20-37-21-24(25-11-4-6-14-29(25)37)19-35-38-33(36-28-13-5-3-12-26(28)34(38)39)32-18-27-30(40-2)15-8-16-31(27)41-32/h3-19,21H,20H2,1-2H3. The first-order valence-electron chi connectivity index (χ1n) is 13.4. The average Bonchev–Trinajstić information content (AvgIpc) is 3.58. The van der Waals surface area contributed by atoms with Crippen LogP contribution in [-0.4, -0.2) is 27.6 Å². The van der Waals surface area contributed by atoms with Crippen molar-refractivity contribution in [2.75, 3.05) is 7.11 Å². The van der Waals surface area contributed by atoms with Crippen LogP contribution in [0.1, 0.15) is 16.7 Å². The molecule has 7 nitrogen and oxygen atoms in total. The Morgan fingerprint density at radius 3 is 2.56 bits per heavy atom. The summed E-state index contributed by atoms with van der Waals surface area (Å²) in [6.07, 6.45) is 3.79. The van der Waals surface area contributed by atoms with E-state index in [9.17, 15) is 4.79 Å². The van der Waals surface area contributed by atoms with Crippen molar-refractivity contribution in [3.63, 3.8) is 0 Å². The Morgan fingerprint density at radius 1 is 0.902 bits per heavy atom. The van der Waals surface area contributed by atoms with Crippen molar-refractivity contribution in [2.24, 2.45) is 5.10 Å². The molecule has 7 rings (SSSR count). The fraction of sp³-hybridized carbons (Fsp3) is 0.0882. The van der Waals surface area contributed by atoms with Gasteiger partial charge in [0, 0.05) is 29.2 Å². The molecule has 0 aliphatic carbocycles. The summed E-state index contributed by atoms with van der Waals surface area (Å²) in [4.78, 5) is 18.6. The van der Waals surface area contributed by atoms with Crippen LogP contribution in [0.2, 0.25) is 0 Å². The van der Waals surface area contributed by atoms with E-state index in [-0.39, 0.29) is 5.56 Å². The molecule has 7 heteroatoms. The van der Waals surface area contributed by atoms with Gasteiger partial charge in [0.15, 0.2) is 5.76 Å². The number of furan rings is 1. The lowest BCUT2D eigenvalue weighted by Gasteiger charge is -2.07. The third-order valence-electron chi connectivity index (χ3n) is 7.28. The van der Waals surface area contributed by atoms with Gasteiger partial charge in [-0.2, -0.15) is 9.78 Å². The molecule has 0 bridgehead atoms. The van der Waals surface area contributed by atoms with Crippen molar-refractivity contribution in [3.8, 4) is 17.3 Å². The fourth-order valence-corrected chi connectivity index (χ4v) is 5.35. The van der Waals surface area contributed by atoms with E-state index < -0.39 is 0 Å². The number of rotatable bonds is 6. The Labute approximate surface area is 235 Å². The van der Waals surface area contributed by atoms with E-state index in [1.165, 1.54) is 15.8 Å². The lowest BCUT2D eigenvalue weighted by molar-refractivity contribution is 0.419. The molecule has 0 radical (unpaired) electrons. The summed E-state index contributed by atoms with van der Waals surface area (Å²) >= 11 is 0. The van der Waals surface area contributed by atoms with E-state index in [1.807, 2.05) is 54.6 Å². The number of ether oxygens (including phenoxy) is 1. The highest BCUT2D eigenvalue weighted by Gasteiger charge is 2.18. The lowest BCUT2D eigenvalue weighted by atomic mass is 10.1. The second-order valence-electron chi connectivity index (χ2n) is 10.0. The summed E-state index contributed by atoms with van der Waals surface area (Å²) in [5, 5.41) is 7.02. The Balaban J connectivity index is 1.38. The van der Waals surface area contributed by atoms with Gasteiger partial charge in [0.1, 0.15) is 11.3 Å². The van der Waals surface area contributed by atoms with Crippen LogP contribution in [0, 0.1) is 6.92 Å². The summed E-state index contributed by atoms with van der Waals surface area (Å²) in [5.74, 6) is 1.41. The van der Waals surface area contributed by atoms with Gasteiger partial charge in [-0.05, 0) is 48.9 Å². The number of para-hydroxylation sites is 2. The van der Waals surface area contributed by atoms with Gasteiger partial charge in [0.2, 0.25) is 5.82 Å². The minimum absolute atomic E-state index is 0.280. The Bertz CT molecular complexity index is 2170. The molecule has 0 amide bonds. The molecule has 7 aromatic rings. The Hall–Kier alpha value is -5.43. The van der Waals surface area contributed by atoms with Gasteiger partial charge in [-0.3, -0.25) is 4.79 Å². The largest absolute Gasteiger partial charge is 0.496 e. The quantitative estimate of drug-likeness (QED) is 0.214. The molecular formula is C34H26N4O3. The first-order valence-corrected chi connectivity index (χ1v) is 13.4. The maximum atomic E-state index is 13.8. The predicted octanol–water partition coefficient (Wildman–Crippen LogP) is 7.01. The second-order valence-corrected chi connectivity index (χ2v) is 10.0. The minimum atomic E-state index is -0.280. The van der Waals surface area contributed by atoms with Gasteiger partial charge < -0.3 is 13.7 Å². The molecule has 0 aliphatic rings. The number of aryl methyl sites for hydroxylation is 1. The smallest absolute Gasteiger partial charge is 0.282 e. The predicted molar refractivity (Wildman–Crippen MR) is 163 cm³/mol. The number of hydrogen-bond donors (Lipinski definition) is 0. The van der Waals surface area contributed by atoms with Crippen molar-refractivity contribution in [1.29, 1.82) is 0 Å². The van der Waals surface area contributed by atoms with Crippen LogP contribution in [0.25, 0.3) is 44.4 Å². The number of aromatic nitrogens is 3. The number of benzene rings is 4. The molecule has 0 saturated carbocycles. The molecule has 3 aromatic heterocycles. The first kappa shape index (κ1) is 24.6. The van der Waals surface area contributed by atoms with Gasteiger partial charge in [0.05, 0.1) is 29.6 Å². The maximum Gasteiger partial charge on any atom is 0.282 e. The molecule has 0 atom stereocenters. The van der Waals surface area contributed by atoms with Crippen molar-refractivity contribution in [2.45, 2.75) is 13.5 Å². The van der Waals surface area contributed by atoms with E-state index in [0.29, 0.717) is 33.8 Å². The zero-order valence-corrected chi connectivity index (χ0v) is 22.6. The number of fused-ring (bicyclic) bond motifs is 3. The third-order valence-corrected chi connectivity index (χ3v) is 7.28. The van der Waals surface area contributed by atoms with Crippen LogP contribution in [0.15, 0.2) is 118 Å². The van der Waals surface area contributed by atoms with Gasteiger partial charge in [-0.15, -0.1) is 0 Å². The Kier molecular flexibility index (Phi) is 5.97. The normalized spacial score (nSPS) is 11.8. The lowest BCUT2D eigenvalue weighted by Crippen LogP contribution is -2.20. The molecular weight excluding hydrogens is 512 g/mol. The highest BCUT2D eigenvalue weighted by atomic mass is 16.5. The second kappa shape index (κ2) is 9.95. The van der Waals surface area contributed by atoms with E-state index in [0.717, 1.165) is 28.4 Å². The van der Waals surface area contributed by atoms with Crippen LogP contribution < -0.4 is 10.3 Å². The number of nitrogens with zero attached hydrogens (tertiary/aromatic N) is 4. The molecule has 4 aromatic carbocycles. The van der Waals surface area contributed by atoms with Crippen LogP contribution >= 0.6 is 0 Å². The summed E-state index contributed by atoms with van der Waals surface area (Å²) in [6, 6.07) is 31.4. The third kappa shape index (κ3) is 4.37. The molecule has 0 aliphatic heterocycles. The van der Waals surface area contributed by atoms with Gasteiger partial charge in [-0.25, -0.2) is 4.98 Å². The van der Waals surface area contributed by atoms with Crippen molar-refractivity contribution >= 4 is 39.0 Å². The fourth-order valence-electron chi connectivity index (χ4n) is 5.35. The van der Waals surface area contributed by atoms with Crippen LogP contribution in [0.4, 0.5) is 0 Å². The summed E-state index contributed by atoms with van der Waals surface area (Å²) in [6.45, 7) is 2.82. The summed E-state index contributed by atoms with van der Waals surface area (Å²) < 4.78 is 15.2. The molecule has 0 unspecified atom stereocenters. The highest BCUT2D eigenvalue weighted by molar-refractivity contribution is 5.99. The van der Waals surface area contributed by atoms with Crippen molar-refractivity contribution in [1.82, 2.24) is 14.2 Å². The zero-order chi connectivity index (χ0) is 27.9. The minimum Gasteiger partial charge on any atom is -0.496 e. The maximum absolute atomic E-state index is 13.8. The SMILES string of the molecule is COc1cccc2oc(-c3nc4ccccc4c(=O)n3N=Cc3cn(Cc4cccc(C)c4)c4ccccc34)cc12. The topological polar surface area (TPSA) is 74.6 Å². The van der Waals surface area contributed by atoms with E-state index in [4.69, 9.17) is 19.2 Å². The molecule has 41 heavy (non-hydrogen) atoms. The molecule has 0 N–H and O–H groups in total. The summed E-state index contributed by atoms with van der Waals surface area (Å²) in [5.41, 5.74) is 5.34. The van der Waals surface area contributed by atoms with Gasteiger partial charge in [-0.1, -0.05) is 66.2 Å². The van der Waals surface area contributed by atoms with E-state index in [2.05, 4.69) is 54.1 Å². The van der Waals surface area contributed by atoms with E-state index in [1.54, 1.807) is 19.4 Å². The van der Waals surface area contributed by atoms with Crippen molar-refractivity contribution < 1.29 is 9.15 Å². The van der Waals surface area contributed by atoms with Gasteiger partial charge >= 0.3 is 0 Å². The van der Waals surface area contributed by atoms with Crippen LogP contribution in [-0.2, 0) is 6.54 Å². The number of methoxy groups -OCH3 is 1.